The number of rotatable bonds is 3. The molecule has 0 radical (unpaired) electrons. The Balaban J connectivity index is 1.54. The highest BCUT2D eigenvalue weighted by molar-refractivity contribution is 6.31. The predicted molar refractivity (Wildman–Crippen MR) is 105 cm³/mol. The fourth-order valence-electron chi connectivity index (χ4n) is 3.29. The molecule has 1 aromatic heterocycles. The first kappa shape index (κ1) is 16.2. The standard InChI is InChI=1S/C20H21ClN4/c1-24-10-12-25(13-11-24)17-5-3-16(4-6-17)23-19-8-9-22-20-14-15(21)2-7-18(19)20/h2-9,14H,10-13H2,1H3,(H,22,23)/p+1. The van der Waals surface area contributed by atoms with Gasteiger partial charge >= 0.3 is 0 Å². The number of halogens is 1. The summed E-state index contributed by atoms with van der Waals surface area (Å²) in [6, 6.07) is 16.5. The van der Waals surface area contributed by atoms with E-state index in [1.165, 1.54) is 18.8 Å². The van der Waals surface area contributed by atoms with Crippen molar-refractivity contribution in [2.45, 2.75) is 0 Å². The van der Waals surface area contributed by atoms with Crippen LogP contribution in [0.25, 0.3) is 10.9 Å². The minimum absolute atomic E-state index is 0.704. The van der Waals surface area contributed by atoms with Crippen molar-refractivity contribution in [2.75, 3.05) is 43.4 Å². The second kappa shape index (κ2) is 6.90. The number of quaternary nitrogens is 1. The highest BCUT2D eigenvalue weighted by Gasteiger charge is 2.16. The molecule has 4 nitrogen and oxygen atoms in total. The largest absolute Gasteiger partial charge is 0.360 e. The first-order chi connectivity index (χ1) is 12.2. The number of nitrogens with one attached hydrogen (secondary N) is 2. The maximum absolute atomic E-state index is 6.06. The van der Waals surface area contributed by atoms with E-state index < -0.39 is 0 Å². The normalized spacial score (nSPS) is 15.5. The number of anilines is 3. The molecule has 1 aliphatic heterocycles. The topological polar surface area (TPSA) is 32.6 Å². The van der Waals surface area contributed by atoms with E-state index >= 15 is 0 Å². The van der Waals surface area contributed by atoms with Gasteiger partial charge in [0, 0.05) is 33.7 Å². The van der Waals surface area contributed by atoms with E-state index in [1.807, 2.05) is 30.5 Å². The van der Waals surface area contributed by atoms with Crippen molar-refractivity contribution in [3.05, 3.63) is 59.8 Å². The van der Waals surface area contributed by atoms with Crippen molar-refractivity contribution >= 4 is 39.6 Å². The molecule has 5 heteroatoms. The van der Waals surface area contributed by atoms with Crippen LogP contribution in [0.3, 0.4) is 0 Å². The van der Waals surface area contributed by atoms with Crippen LogP contribution < -0.4 is 15.1 Å². The van der Waals surface area contributed by atoms with Gasteiger partial charge in [-0.2, -0.15) is 0 Å². The zero-order valence-electron chi connectivity index (χ0n) is 14.3. The van der Waals surface area contributed by atoms with Crippen LogP contribution in [0.15, 0.2) is 54.7 Å². The van der Waals surface area contributed by atoms with Gasteiger partial charge in [-0.15, -0.1) is 0 Å². The molecule has 0 aliphatic carbocycles. The molecule has 0 amide bonds. The van der Waals surface area contributed by atoms with Crippen LogP contribution in [0.1, 0.15) is 0 Å². The molecule has 3 aromatic rings. The Kier molecular flexibility index (Phi) is 4.47. The van der Waals surface area contributed by atoms with Crippen LogP contribution in [0.5, 0.6) is 0 Å². The van der Waals surface area contributed by atoms with Gasteiger partial charge in [-0.25, -0.2) is 0 Å². The molecule has 1 fully saturated rings. The smallest absolute Gasteiger partial charge is 0.0947 e. The third-order valence-electron chi connectivity index (χ3n) is 4.83. The molecule has 0 saturated carbocycles. The van der Waals surface area contributed by atoms with Crippen molar-refractivity contribution in [1.82, 2.24) is 4.98 Å². The summed E-state index contributed by atoms with van der Waals surface area (Å²) >= 11 is 6.06. The Morgan fingerprint density at radius 3 is 2.56 bits per heavy atom. The first-order valence-electron chi connectivity index (χ1n) is 8.67. The molecule has 128 valence electrons. The molecule has 0 atom stereocenters. The lowest BCUT2D eigenvalue weighted by Gasteiger charge is -2.31. The van der Waals surface area contributed by atoms with Crippen LogP contribution in [0, 0.1) is 0 Å². The van der Waals surface area contributed by atoms with Gasteiger partial charge in [-0.1, -0.05) is 11.6 Å². The highest BCUT2D eigenvalue weighted by Crippen LogP contribution is 2.28. The molecule has 25 heavy (non-hydrogen) atoms. The Morgan fingerprint density at radius 1 is 1.04 bits per heavy atom. The SMILES string of the molecule is C[NH+]1CCN(c2ccc(Nc3ccnc4cc(Cl)ccc34)cc2)CC1. The number of benzene rings is 2. The van der Waals surface area contributed by atoms with Gasteiger partial charge in [0.1, 0.15) is 0 Å². The zero-order valence-corrected chi connectivity index (χ0v) is 15.1. The van der Waals surface area contributed by atoms with Gasteiger partial charge in [-0.05, 0) is 48.5 Å². The lowest BCUT2D eigenvalue weighted by Crippen LogP contribution is -3.12. The zero-order chi connectivity index (χ0) is 17.2. The van der Waals surface area contributed by atoms with Crippen molar-refractivity contribution in [2.24, 2.45) is 0 Å². The van der Waals surface area contributed by atoms with Crippen molar-refractivity contribution in [1.29, 1.82) is 0 Å². The van der Waals surface area contributed by atoms with Crippen molar-refractivity contribution in [3.63, 3.8) is 0 Å². The van der Waals surface area contributed by atoms with E-state index in [0.29, 0.717) is 5.02 Å². The van der Waals surface area contributed by atoms with Crippen LogP contribution in [-0.4, -0.2) is 38.2 Å². The minimum Gasteiger partial charge on any atom is -0.360 e. The monoisotopic (exact) mass is 353 g/mol. The third kappa shape index (κ3) is 3.55. The Morgan fingerprint density at radius 2 is 1.80 bits per heavy atom. The summed E-state index contributed by atoms with van der Waals surface area (Å²) < 4.78 is 0. The average Bonchev–Trinajstić information content (AvgIpc) is 2.63. The Bertz CT molecular complexity index is 871. The Hall–Kier alpha value is -2.30. The number of hydrogen-bond donors (Lipinski definition) is 2. The van der Waals surface area contributed by atoms with Gasteiger partial charge in [0.25, 0.3) is 0 Å². The van der Waals surface area contributed by atoms with Gasteiger partial charge in [-0.3, -0.25) is 4.98 Å². The maximum atomic E-state index is 6.06. The molecule has 0 bridgehead atoms. The molecule has 0 unspecified atom stereocenters. The highest BCUT2D eigenvalue weighted by atomic mass is 35.5. The van der Waals surface area contributed by atoms with Gasteiger partial charge in [0.05, 0.1) is 38.7 Å². The second-order valence-electron chi connectivity index (χ2n) is 6.64. The summed E-state index contributed by atoms with van der Waals surface area (Å²) in [6.45, 7) is 4.64. The molecule has 4 rings (SSSR count). The quantitative estimate of drug-likeness (QED) is 0.759. The molecular weight excluding hydrogens is 332 g/mol. The Labute approximate surface area is 153 Å². The molecule has 2 N–H and O–H groups in total. The molecule has 1 saturated heterocycles. The van der Waals surface area contributed by atoms with E-state index in [1.54, 1.807) is 4.90 Å². The predicted octanol–water partition coefficient (Wildman–Crippen LogP) is 2.97. The van der Waals surface area contributed by atoms with Gasteiger partial charge in [0.15, 0.2) is 0 Å². The summed E-state index contributed by atoms with van der Waals surface area (Å²) in [5, 5.41) is 5.27. The fraction of sp³-hybridized carbons (Fsp3) is 0.250. The van der Waals surface area contributed by atoms with E-state index in [9.17, 15) is 0 Å². The number of hydrogen-bond acceptors (Lipinski definition) is 3. The molecule has 1 aliphatic rings. The lowest BCUT2D eigenvalue weighted by molar-refractivity contribution is -0.880. The van der Waals surface area contributed by atoms with Crippen LogP contribution >= 0.6 is 11.6 Å². The van der Waals surface area contributed by atoms with E-state index in [4.69, 9.17) is 11.6 Å². The van der Waals surface area contributed by atoms with Crippen LogP contribution in [0.2, 0.25) is 5.02 Å². The summed E-state index contributed by atoms with van der Waals surface area (Å²) in [7, 11) is 2.26. The number of likely N-dealkylation sites (N-methyl/N-ethyl adjacent to an activating group) is 1. The van der Waals surface area contributed by atoms with Gasteiger partial charge in [0.2, 0.25) is 0 Å². The van der Waals surface area contributed by atoms with E-state index in [-0.39, 0.29) is 0 Å². The van der Waals surface area contributed by atoms with E-state index in [0.717, 1.165) is 35.4 Å². The first-order valence-corrected chi connectivity index (χ1v) is 9.04. The summed E-state index contributed by atoms with van der Waals surface area (Å²) in [4.78, 5) is 8.46. The summed E-state index contributed by atoms with van der Waals surface area (Å²) in [6.07, 6.45) is 1.81. The molecule has 0 spiro atoms. The third-order valence-corrected chi connectivity index (χ3v) is 5.07. The summed E-state index contributed by atoms with van der Waals surface area (Å²) in [5.74, 6) is 0. The lowest BCUT2D eigenvalue weighted by atomic mass is 10.1. The van der Waals surface area contributed by atoms with Crippen molar-refractivity contribution in [3.8, 4) is 0 Å². The number of piperazine rings is 1. The minimum atomic E-state index is 0.704. The fourth-order valence-corrected chi connectivity index (χ4v) is 3.45. The number of nitrogens with zero attached hydrogens (tertiary/aromatic N) is 2. The van der Waals surface area contributed by atoms with Crippen LogP contribution in [0.4, 0.5) is 17.1 Å². The van der Waals surface area contributed by atoms with Gasteiger partial charge < -0.3 is 15.1 Å². The number of aromatic nitrogens is 1. The second-order valence-corrected chi connectivity index (χ2v) is 7.07. The number of fused-ring (bicyclic) bond motifs is 1. The van der Waals surface area contributed by atoms with Crippen LogP contribution in [-0.2, 0) is 0 Å². The summed E-state index contributed by atoms with van der Waals surface area (Å²) in [5.41, 5.74) is 4.31. The van der Waals surface area contributed by atoms with Crippen molar-refractivity contribution < 1.29 is 4.90 Å². The molecule has 2 heterocycles. The molecule has 2 aromatic carbocycles. The number of pyridine rings is 1. The average molecular weight is 354 g/mol. The molecular formula is C20H22ClN4+. The maximum Gasteiger partial charge on any atom is 0.0947 e. The van der Waals surface area contributed by atoms with E-state index in [2.05, 4.69) is 46.5 Å².